The fourth-order valence-electron chi connectivity index (χ4n) is 2.84. The lowest BCUT2D eigenvalue weighted by atomic mass is 10.1. The van der Waals surface area contributed by atoms with Gasteiger partial charge in [-0.3, -0.25) is 10.1 Å². The standard InChI is InChI=1S/C21H17N3O3S/c1-15-4-8-17(9-5-15)22-21-23(13-19-3-2-12-27-19)20(14-28-21)16-6-10-18(11-7-16)24(25)26/h2-12,14H,13H2,1H3. The minimum atomic E-state index is -0.396. The average molecular weight is 391 g/mol. The summed E-state index contributed by atoms with van der Waals surface area (Å²) in [5.74, 6) is 0.812. The largest absolute Gasteiger partial charge is 0.467 e. The SMILES string of the molecule is Cc1ccc(N=c2scc(-c3ccc([N+](=O)[O-])cc3)n2Cc2ccco2)cc1. The van der Waals surface area contributed by atoms with Crippen molar-refractivity contribution < 1.29 is 9.34 Å². The average Bonchev–Trinajstić information content (AvgIpc) is 3.35. The fourth-order valence-corrected chi connectivity index (χ4v) is 3.77. The minimum Gasteiger partial charge on any atom is -0.467 e. The van der Waals surface area contributed by atoms with E-state index in [1.165, 1.54) is 29.0 Å². The Morgan fingerprint density at radius 2 is 1.86 bits per heavy atom. The van der Waals surface area contributed by atoms with Crippen LogP contribution < -0.4 is 4.80 Å². The third-order valence-corrected chi connectivity index (χ3v) is 5.19. The second-order valence-electron chi connectivity index (χ2n) is 6.32. The first-order valence-corrected chi connectivity index (χ1v) is 9.55. The number of aryl methyl sites for hydroxylation is 1. The van der Waals surface area contributed by atoms with Crippen LogP contribution in [0.2, 0.25) is 0 Å². The number of nitrogens with zero attached hydrogens (tertiary/aromatic N) is 3. The zero-order valence-electron chi connectivity index (χ0n) is 15.1. The van der Waals surface area contributed by atoms with E-state index in [-0.39, 0.29) is 5.69 Å². The smallest absolute Gasteiger partial charge is 0.269 e. The highest BCUT2D eigenvalue weighted by Crippen LogP contribution is 2.24. The van der Waals surface area contributed by atoms with Gasteiger partial charge in [-0.2, -0.15) is 0 Å². The second kappa shape index (κ2) is 7.66. The molecular weight excluding hydrogens is 374 g/mol. The van der Waals surface area contributed by atoms with Gasteiger partial charge in [-0.05, 0) is 48.9 Å². The molecule has 0 saturated carbocycles. The first-order valence-electron chi connectivity index (χ1n) is 8.67. The van der Waals surface area contributed by atoms with E-state index >= 15 is 0 Å². The van der Waals surface area contributed by atoms with Gasteiger partial charge in [-0.15, -0.1) is 11.3 Å². The first kappa shape index (κ1) is 17.9. The van der Waals surface area contributed by atoms with Gasteiger partial charge < -0.3 is 8.98 Å². The van der Waals surface area contributed by atoms with Gasteiger partial charge >= 0.3 is 0 Å². The Morgan fingerprint density at radius 1 is 1.11 bits per heavy atom. The number of hydrogen-bond acceptors (Lipinski definition) is 5. The maximum Gasteiger partial charge on any atom is 0.269 e. The van der Waals surface area contributed by atoms with Crippen LogP contribution in [0.3, 0.4) is 0 Å². The lowest BCUT2D eigenvalue weighted by Crippen LogP contribution is -2.16. The molecule has 4 aromatic rings. The normalized spacial score (nSPS) is 11.7. The number of aromatic nitrogens is 1. The van der Waals surface area contributed by atoms with Gasteiger partial charge in [0.05, 0.1) is 29.1 Å². The van der Waals surface area contributed by atoms with Gasteiger partial charge in [0.1, 0.15) is 5.76 Å². The molecule has 2 aromatic heterocycles. The summed E-state index contributed by atoms with van der Waals surface area (Å²) in [6, 6.07) is 18.3. The predicted octanol–water partition coefficient (Wildman–Crippen LogP) is 5.31. The van der Waals surface area contributed by atoms with Crippen molar-refractivity contribution >= 4 is 22.7 Å². The topological polar surface area (TPSA) is 73.6 Å². The molecule has 0 N–H and O–H groups in total. The van der Waals surface area contributed by atoms with E-state index < -0.39 is 4.92 Å². The molecule has 2 heterocycles. The van der Waals surface area contributed by atoms with Crippen LogP contribution in [0.25, 0.3) is 11.3 Å². The summed E-state index contributed by atoms with van der Waals surface area (Å²) in [6.45, 7) is 2.56. The van der Waals surface area contributed by atoms with Crippen LogP contribution >= 0.6 is 11.3 Å². The van der Waals surface area contributed by atoms with Crippen molar-refractivity contribution in [3.05, 3.63) is 98.5 Å². The molecule has 6 nitrogen and oxygen atoms in total. The monoisotopic (exact) mass is 391 g/mol. The van der Waals surface area contributed by atoms with Gasteiger partial charge in [-0.1, -0.05) is 17.7 Å². The van der Waals surface area contributed by atoms with Crippen LogP contribution in [0.5, 0.6) is 0 Å². The van der Waals surface area contributed by atoms with Crippen molar-refractivity contribution in [3.63, 3.8) is 0 Å². The van der Waals surface area contributed by atoms with Crippen LogP contribution in [0, 0.1) is 17.0 Å². The molecule has 2 aromatic carbocycles. The summed E-state index contributed by atoms with van der Waals surface area (Å²) in [5, 5.41) is 12.9. The third kappa shape index (κ3) is 3.79. The number of nitro groups is 1. The van der Waals surface area contributed by atoms with Crippen molar-refractivity contribution in [2.24, 2.45) is 4.99 Å². The van der Waals surface area contributed by atoms with Gasteiger partial charge in [0.25, 0.3) is 5.69 Å². The Labute approximate surface area is 165 Å². The van der Waals surface area contributed by atoms with Crippen molar-refractivity contribution in [3.8, 4) is 11.3 Å². The number of hydrogen-bond donors (Lipinski definition) is 0. The van der Waals surface area contributed by atoms with E-state index in [2.05, 4.69) is 4.57 Å². The highest BCUT2D eigenvalue weighted by molar-refractivity contribution is 7.07. The molecule has 0 fully saturated rings. The summed E-state index contributed by atoms with van der Waals surface area (Å²) < 4.78 is 7.58. The van der Waals surface area contributed by atoms with E-state index in [0.717, 1.165) is 27.5 Å². The molecule has 140 valence electrons. The Hall–Kier alpha value is -3.45. The molecule has 28 heavy (non-hydrogen) atoms. The van der Waals surface area contributed by atoms with Crippen molar-refractivity contribution in [2.75, 3.05) is 0 Å². The Morgan fingerprint density at radius 3 is 2.50 bits per heavy atom. The molecule has 7 heteroatoms. The second-order valence-corrected chi connectivity index (χ2v) is 7.16. The van der Waals surface area contributed by atoms with E-state index in [9.17, 15) is 10.1 Å². The predicted molar refractivity (Wildman–Crippen MR) is 109 cm³/mol. The summed E-state index contributed by atoms with van der Waals surface area (Å²) >= 11 is 1.52. The van der Waals surface area contributed by atoms with Gasteiger partial charge in [0, 0.05) is 17.5 Å². The van der Waals surface area contributed by atoms with Crippen LogP contribution in [-0.4, -0.2) is 9.49 Å². The van der Waals surface area contributed by atoms with Gasteiger partial charge in [0.15, 0.2) is 4.80 Å². The molecule has 0 aliphatic rings. The molecule has 0 unspecified atom stereocenters. The lowest BCUT2D eigenvalue weighted by molar-refractivity contribution is -0.384. The van der Waals surface area contributed by atoms with Gasteiger partial charge in [-0.25, -0.2) is 4.99 Å². The van der Waals surface area contributed by atoms with E-state index in [0.29, 0.717) is 6.54 Å². The Bertz CT molecular complexity index is 1160. The molecule has 0 radical (unpaired) electrons. The van der Waals surface area contributed by atoms with E-state index in [1.807, 2.05) is 48.7 Å². The summed E-state index contributed by atoms with van der Waals surface area (Å²) in [4.78, 5) is 16.2. The molecule has 0 aliphatic heterocycles. The van der Waals surface area contributed by atoms with Crippen LogP contribution in [-0.2, 0) is 6.54 Å². The molecular formula is C21H17N3O3S. The highest BCUT2D eigenvalue weighted by atomic mass is 32.1. The van der Waals surface area contributed by atoms with Crippen LogP contribution in [0.4, 0.5) is 11.4 Å². The maximum atomic E-state index is 10.9. The van der Waals surface area contributed by atoms with E-state index in [4.69, 9.17) is 9.41 Å². The summed E-state index contributed by atoms with van der Waals surface area (Å²) in [7, 11) is 0. The molecule has 0 spiro atoms. The fraction of sp³-hybridized carbons (Fsp3) is 0.0952. The molecule has 0 aliphatic carbocycles. The van der Waals surface area contributed by atoms with Gasteiger partial charge in [0.2, 0.25) is 0 Å². The molecule has 4 rings (SSSR count). The molecule has 0 atom stereocenters. The van der Waals surface area contributed by atoms with Crippen molar-refractivity contribution in [2.45, 2.75) is 13.5 Å². The number of non-ortho nitro benzene ring substituents is 1. The summed E-state index contributed by atoms with van der Waals surface area (Å²) in [6.07, 6.45) is 1.64. The van der Waals surface area contributed by atoms with Crippen molar-refractivity contribution in [1.82, 2.24) is 4.57 Å². The highest BCUT2D eigenvalue weighted by Gasteiger charge is 2.12. The Kier molecular flexibility index (Phi) is 4.90. The van der Waals surface area contributed by atoms with Crippen molar-refractivity contribution in [1.29, 1.82) is 0 Å². The zero-order valence-corrected chi connectivity index (χ0v) is 15.9. The minimum absolute atomic E-state index is 0.0705. The number of thiazole rings is 1. The number of rotatable bonds is 5. The third-order valence-electron chi connectivity index (χ3n) is 4.32. The lowest BCUT2D eigenvalue weighted by Gasteiger charge is -2.08. The van der Waals surface area contributed by atoms with Crippen LogP contribution in [0.1, 0.15) is 11.3 Å². The molecule has 0 amide bonds. The summed E-state index contributed by atoms with van der Waals surface area (Å²) in [5.41, 5.74) is 3.94. The number of nitro benzene ring substituents is 1. The molecule has 0 bridgehead atoms. The quantitative estimate of drug-likeness (QED) is 0.342. The Balaban J connectivity index is 1.81. The number of benzene rings is 2. The van der Waals surface area contributed by atoms with Crippen LogP contribution in [0.15, 0.2) is 81.7 Å². The maximum absolute atomic E-state index is 10.9. The first-order chi connectivity index (χ1) is 13.6. The number of furan rings is 1. The molecule has 0 saturated heterocycles. The van der Waals surface area contributed by atoms with E-state index in [1.54, 1.807) is 18.4 Å². The zero-order chi connectivity index (χ0) is 19.5.